The van der Waals surface area contributed by atoms with Crippen molar-refractivity contribution in [3.05, 3.63) is 95.6 Å². The lowest BCUT2D eigenvalue weighted by molar-refractivity contribution is -0.138. The molecule has 8 heteroatoms. The molecule has 0 bridgehead atoms. The van der Waals surface area contributed by atoms with Crippen molar-refractivity contribution in [2.45, 2.75) is 43.5 Å². The van der Waals surface area contributed by atoms with Gasteiger partial charge in [-0.3, -0.25) is 9.69 Å². The second kappa shape index (κ2) is 12.8. The van der Waals surface area contributed by atoms with Crippen molar-refractivity contribution < 1.29 is 17.9 Å². The average molecular weight is 576 g/mol. The lowest BCUT2D eigenvalue weighted by atomic mass is 9.95. The Morgan fingerprint density at radius 3 is 2.00 bits per heavy atom. The van der Waals surface area contributed by atoms with Gasteiger partial charge in [-0.2, -0.15) is 4.31 Å². The summed E-state index contributed by atoms with van der Waals surface area (Å²) in [5, 5.41) is 0. The summed E-state index contributed by atoms with van der Waals surface area (Å²) in [6.07, 6.45) is 1.36. The highest BCUT2D eigenvalue weighted by Gasteiger charge is 2.38. The zero-order valence-corrected chi connectivity index (χ0v) is 25.1. The predicted octanol–water partition coefficient (Wildman–Crippen LogP) is 5.15. The Bertz CT molecular complexity index is 1380. The normalized spacial score (nSPS) is 19.0. The van der Waals surface area contributed by atoms with Crippen molar-refractivity contribution >= 4 is 15.9 Å². The molecule has 0 saturated carbocycles. The number of ether oxygens (including phenoxy) is 1. The van der Waals surface area contributed by atoms with Crippen LogP contribution in [0.1, 0.15) is 55.3 Å². The summed E-state index contributed by atoms with van der Waals surface area (Å²) in [7, 11) is -2.32. The van der Waals surface area contributed by atoms with E-state index in [9.17, 15) is 13.2 Å². The van der Waals surface area contributed by atoms with Gasteiger partial charge in [0.15, 0.2) is 0 Å². The van der Waals surface area contributed by atoms with Crippen LogP contribution in [0.3, 0.4) is 0 Å². The summed E-state index contributed by atoms with van der Waals surface area (Å²) in [5.74, 6) is 0.241. The summed E-state index contributed by atoms with van der Waals surface area (Å²) >= 11 is 0. The van der Waals surface area contributed by atoms with E-state index in [1.54, 1.807) is 12.1 Å². The van der Waals surface area contributed by atoms with E-state index in [1.807, 2.05) is 36.9 Å². The van der Waals surface area contributed by atoms with Crippen LogP contribution in [0.5, 0.6) is 5.75 Å². The van der Waals surface area contributed by atoms with E-state index in [1.165, 1.54) is 22.5 Å². The minimum absolute atomic E-state index is 0.0587. The van der Waals surface area contributed by atoms with Gasteiger partial charge in [-0.25, -0.2) is 8.42 Å². The van der Waals surface area contributed by atoms with Gasteiger partial charge < -0.3 is 9.64 Å². The van der Waals surface area contributed by atoms with Gasteiger partial charge in [0.05, 0.1) is 19.1 Å². The van der Waals surface area contributed by atoms with Crippen molar-refractivity contribution in [2.24, 2.45) is 5.92 Å². The molecule has 218 valence electrons. The minimum atomic E-state index is -3.81. The molecule has 2 heterocycles. The van der Waals surface area contributed by atoms with Gasteiger partial charge in [-0.15, -0.1) is 0 Å². The molecule has 0 aromatic heterocycles. The highest BCUT2D eigenvalue weighted by atomic mass is 32.2. The first kappa shape index (κ1) is 29.3. The fourth-order valence-corrected chi connectivity index (χ4v) is 7.81. The molecule has 0 N–H and O–H groups in total. The largest absolute Gasteiger partial charge is 0.495 e. The third kappa shape index (κ3) is 6.35. The maximum absolute atomic E-state index is 13.8. The molecule has 41 heavy (non-hydrogen) atoms. The predicted molar refractivity (Wildman–Crippen MR) is 161 cm³/mol. The van der Waals surface area contributed by atoms with Gasteiger partial charge in [0.1, 0.15) is 10.6 Å². The number of nitrogens with zero attached hydrogens (tertiary/aromatic N) is 3. The van der Waals surface area contributed by atoms with Crippen LogP contribution < -0.4 is 4.74 Å². The molecule has 0 unspecified atom stereocenters. The molecule has 2 aliphatic rings. The van der Waals surface area contributed by atoms with E-state index in [0.717, 1.165) is 18.7 Å². The van der Waals surface area contributed by atoms with E-state index in [4.69, 9.17) is 4.74 Å². The SMILES string of the molecule is COc1ccc(C(C)C)cc1S(=O)(=O)N1CCC[C@H](C(=O)N2CCN(C(c3ccccc3)c3ccccc3)CC2)C1. The number of rotatable bonds is 8. The Labute approximate surface area is 244 Å². The summed E-state index contributed by atoms with van der Waals surface area (Å²) in [5.41, 5.74) is 3.42. The number of carbonyl (C=O) groups excluding carboxylic acids is 1. The first-order valence-electron chi connectivity index (χ1n) is 14.6. The van der Waals surface area contributed by atoms with Crippen LogP contribution in [0.25, 0.3) is 0 Å². The van der Waals surface area contributed by atoms with Crippen molar-refractivity contribution in [2.75, 3.05) is 46.4 Å². The first-order valence-corrected chi connectivity index (χ1v) is 16.0. The topological polar surface area (TPSA) is 70.2 Å². The quantitative estimate of drug-likeness (QED) is 0.372. The minimum Gasteiger partial charge on any atom is -0.495 e. The molecule has 5 rings (SSSR count). The van der Waals surface area contributed by atoms with Crippen LogP contribution in [0.15, 0.2) is 83.8 Å². The first-order chi connectivity index (χ1) is 19.8. The summed E-state index contributed by atoms with van der Waals surface area (Å²) in [6, 6.07) is 26.5. The maximum atomic E-state index is 13.8. The molecule has 0 radical (unpaired) electrons. The molecular weight excluding hydrogens is 534 g/mol. The standard InChI is InChI=1S/C33H41N3O4S/c1-25(2)28-16-17-30(40-3)31(23-28)41(38,39)36-18-10-15-29(24-36)33(37)35-21-19-34(20-22-35)32(26-11-6-4-7-12-26)27-13-8-5-9-14-27/h4-9,11-14,16-17,23,25,29,32H,10,15,18-22,24H2,1-3H3/t29-/m0/s1. The van der Waals surface area contributed by atoms with Crippen molar-refractivity contribution in [1.29, 1.82) is 0 Å². The Kier molecular flexibility index (Phi) is 9.12. The highest BCUT2D eigenvalue weighted by Crippen LogP contribution is 2.34. The number of amides is 1. The van der Waals surface area contributed by atoms with Crippen LogP contribution in [-0.4, -0.2) is 74.8 Å². The number of piperidine rings is 1. The van der Waals surface area contributed by atoms with Crippen molar-refractivity contribution in [1.82, 2.24) is 14.1 Å². The molecule has 3 aromatic rings. The summed E-state index contributed by atoms with van der Waals surface area (Å²) in [6.45, 7) is 7.45. The Balaban J connectivity index is 1.28. The van der Waals surface area contributed by atoms with E-state index >= 15 is 0 Å². The van der Waals surface area contributed by atoms with Gasteiger partial charge in [-0.1, -0.05) is 80.6 Å². The van der Waals surface area contributed by atoms with Crippen LogP contribution >= 0.6 is 0 Å². The average Bonchev–Trinajstić information content (AvgIpc) is 3.02. The number of methoxy groups -OCH3 is 1. The van der Waals surface area contributed by atoms with Gasteiger partial charge >= 0.3 is 0 Å². The summed E-state index contributed by atoms with van der Waals surface area (Å²) in [4.78, 5) is 18.3. The summed E-state index contributed by atoms with van der Waals surface area (Å²) < 4.78 is 34.5. The molecule has 2 aliphatic heterocycles. The number of hydrogen-bond acceptors (Lipinski definition) is 5. The Morgan fingerprint density at radius 1 is 0.829 bits per heavy atom. The highest BCUT2D eigenvalue weighted by molar-refractivity contribution is 7.89. The number of carbonyl (C=O) groups is 1. The van der Waals surface area contributed by atoms with Gasteiger partial charge in [0.2, 0.25) is 15.9 Å². The smallest absolute Gasteiger partial charge is 0.246 e. The van der Waals surface area contributed by atoms with Crippen LogP contribution in [-0.2, 0) is 14.8 Å². The third-order valence-corrected chi connectivity index (χ3v) is 10.3. The molecule has 1 amide bonds. The molecule has 3 aromatic carbocycles. The van der Waals surface area contributed by atoms with Crippen molar-refractivity contribution in [3.63, 3.8) is 0 Å². The molecule has 2 fully saturated rings. The number of hydrogen-bond donors (Lipinski definition) is 0. The number of benzene rings is 3. The fourth-order valence-electron chi connectivity index (χ4n) is 6.10. The lowest BCUT2D eigenvalue weighted by Crippen LogP contribution is -2.53. The van der Waals surface area contributed by atoms with E-state index in [0.29, 0.717) is 38.2 Å². The van der Waals surface area contributed by atoms with E-state index < -0.39 is 10.0 Å². The van der Waals surface area contributed by atoms with Crippen LogP contribution in [0.2, 0.25) is 0 Å². The van der Waals surface area contributed by atoms with E-state index in [2.05, 4.69) is 53.4 Å². The second-order valence-electron chi connectivity index (χ2n) is 11.4. The molecular formula is C33H41N3O4S. The third-order valence-electron chi connectivity index (χ3n) is 8.43. The fraction of sp³-hybridized carbons (Fsp3) is 0.424. The van der Waals surface area contributed by atoms with E-state index in [-0.39, 0.29) is 35.2 Å². The number of sulfonamides is 1. The lowest BCUT2D eigenvalue weighted by Gasteiger charge is -2.41. The molecule has 7 nitrogen and oxygen atoms in total. The monoisotopic (exact) mass is 575 g/mol. The molecule has 2 saturated heterocycles. The number of piperazine rings is 1. The van der Waals surface area contributed by atoms with Crippen molar-refractivity contribution in [3.8, 4) is 5.75 Å². The zero-order valence-electron chi connectivity index (χ0n) is 24.3. The van der Waals surface area contributed by atoms with Crippen LogP contribution in [0.4, 0.5) is 0 Å². The van der Waals surface area contributed by atoms with Gasteiger partial charge in [-0.05, 0) is 47.6 Å². The van der Waals surface area contributed by atoms with Gasteiger partial charge in [0.25, 0.3) is 0 Å². The Morgan fingerprint density at radius 2 is 1.44 bits per heavy atom. The molecule has 1 atom stereocenters. The Hall–Kier alpha value is -3.20. The zero-order chi connectivity index (χ0) is 29.0. The maximum Gasteiger partial charge on any atom is 0.246 e. The molecule has 0 aliphatic carbocycles. The molecule has 0 spiro atoms. The van der Waals surface area contributed by atoms with Crippen LogP contribution in [0, 0.1) is 5.92 Å². The van der Waals surface area contributed by atoms with Gasteiger partial charge in [0, 0.05) is 39.3 Å². The second-order valence-corrected chi connectivity index (χ2v) is 13.3.